The minimum absolute atomic E-state index is 0.325. The minimum atomic E-state index is 0.325. The van der Waals surface area contributed by atoms with Gasteiger partial charge in [0.15, 0.2) is 5.89 Å². The predicted molar refractivity (Wildman–Crippen MR) is 89.8 cm³/mol. The van der Waals surface area contributed by atoms with Crippen LogP contribution in [0.5, 0.6) is 0 Å². The number of aromatic nitrogens is 1. The Bertz CT molecular complexity index is 563. The van der Waals surface area contributed by atoms with Crippen molar-refractivity contribution < 1.29 is 4.42 Å². The van der Waals surface area contributed by atoms with E-state index in [0.29, 0.717) is 12.0 Å². The first-order valence-corrected chi connectivity index (χ1v) is 7.81. The molecular formula is C18H27N3O. The van der Waals surface area contributed by atoms with Crippen LogP contribution in [0.4, 0.5) is 0 Å². The van der Waals surface area contributed by atoms with Crippen molar-refractivity contribution in [2.45, 2.75) is 32.4 Å². The Balaban J connectivity index is 2.12. The van der Waals surface area contributed by atoms with Crippen LogP contribution in [-0.4, -0.2) is 42.5 Å². The van der Waals surface area contributed by atoms with Gasteiger partial charge in [-0.2, -0.15) is 0 Å². The lowest BCUT2D eigenvalue weighted by molar-refractivity contribution is 0.188. The molecule has 4 heteroatoms. The highest BCUT2D eigenvalue weighted by molar-refractivity contribution is 5.19. The molecule has 2 aromatic rings. The number of likely N-dealkylation sites (N-methyl/N-ethyl adjacent to an activating group) is 2. The van der Waals surface area contributed by atoms with Gasteiger partial charge in [0.25, 0.3) is 0 Å². The number of hydrogen-bond acceptors (Lipinski definition) is 4. The van der Waals surface area contributed by atoms with Crippen LogP contribution in [0, 0.1) is 0 Å². The van der Waals surface area contributed by atoms with Crippen molar-refractivity contribution in [3.63, 3.8) is 0 Å². The van der Waals surface area contributed by atoms with E-state index < -0.39 is 0 Å². The van der Waals surface area contributed by atoms with E-state index in [-0.39, 0.29) is 0 Å². The molecule has 0 bridgehead atoms. The average Bonchev–Trinajstić information content (AvgIpc) is 2.94. The van der Waals surface area contributed by atoms with Gasteiger partial charge in [0.2, 0.25) is 0 Å². The molecule has 120 valence electrons. The first kappa shape index (κ1) is 16.7. The normalized spacial score (nSPS) is 13.3. The number of hydrogen-bond donors (Lipinski definition) is 0. The van der Waals surface area contributed by atoms with Crippen LogP contribution < -0.4 is 0 Å². The fraction of sp³-hybridized carbons (Fsp3) is 0.500. The lowest BCUT2D eigenvalue weighted by atomic mass is 10.1. The highest BCUT2D eigenvalue weighted by Crippen LogP contribution is 2.22. The molecule has 0 saturated carbocycles. The van der Waals surface area contributed by atoms with Crippen molar-refractivity contribution in [1.29, 1.82) is 0 Å². The maximum absolute atomic E-state index is 5.55. The molecule has 0 saturated heterocycles. The molecule has 1 aromatic heterocycles. The molecule has 0 aliphatic rings. The van der Waals surface area contributed by atoms with E-state index in [2.05, 4.69) is 80.1 Å². The zero-order chi connectivity index (χ0) is 16.1. The highest BCUT2D eigenvalue weighted by Gasteiger charge is 2.19. The summed E-state index contributed by atoms with van der Waals surface area (Å²) < 4.78 is 5.55. The summed E-state index contributed by atoms with van der Waals surface area (Å²) >= 11 is 0. The predicted octanol–water partition coefficient (Wildman–Crippen LogP) is 3.53. The molecule has 1 aromatic carbocycles. The Hall–Kier alpha value is -1.65. The van der Waals surface area contributed by atoms with Gasteiger partial charge >= 0.3 is 0 Å². The van der Waals surface area contributed by atoms with Crippen molar-refractivity contribution in [1.82, 2.24) is 14.8 Å². The summed E-state index contributed by atoms with van der Waals surface area (Å²) in [5.41, 5.74) is 2.32. The molecule has 22 heavy (non-hydrogen) atoms. The van der Waals surface area contributed by atoms with Gasteiger partial charge in [-0.3, -0.25) is 4.90 Å². The van der Waals surface area contributed by atoms with Crippen LogP contribution in [0.2, 0.25) is 0 Å². The fourth-order valence-corrected chi connectivity index (χ4v) is 2.55. The Morgan fingerprint density at radius 1 is 1.09 bits per heavy atom. The van der Waals surface area contributed by atoms with Gasteiger partial charge < -0.3 is 9.32 Å². The zero-order valence-electron chi connectivity index (χ0n) is 14.3. The maximum Gasteiger partial charge on any atom is 0.196 e. The first-order valence-electron chi connectivity index (χ1n) is 7.81. The Morgan fingerprint density at radius 2 is 1.77 bits per heavy atom. The van der Waals surface area contributed by atoms with Crippen LogP contribution in [0.3, 0.4) is 0 Å². The quantitative estimate of drug-likeness (QED) is 0.783. The van der Waals surface area contributed by atoms with Gasteiger partial charge in [0.1, 0.15) is 6.26 Å². The van der Waals surface area contributed by atoms with E-state index in [1.807, 2.05) is 0 Å². The molecule has 4 nitrogen and oxygen atoms in total. The lowest BCUT2D eigenvalue weighted by Crippen LogP contribution is -2.32. The van der Waals surface area contributed by atoms with E-state index in [0.717, 1.165) is 24.7 Å². The van der Waals surface area contributed by atoms with E-state index in [4.69, 9.17) is 4.42 Å². The second-order valence-electron chi connectivity index (χ2n) is 6.44. The Kier molecular flexibility index (Phi) is 5.75. The second kappa shape index (κ2) is 7.56. The van der Waals surface area contributed by atoms with E-state index in [1.54, 1.807) is 6.26 Å². The standard InChI is InChI=1S/C18H27N3O/c1-14(2)18-19-16(13-22-18)11-21(5)17(12-20(3)4)15-9-7-6-8-10-15/h6-10,13-14,17H,11-12H2,1-5H3/t17-/m1/s1. The van der Waals surface area contributed by atoms with E-state index >= 15 is 0 Å². The molecular weight excluding hydrogens is 274 g/mol. The zero-order valence-corrected chi connectivity index (χ0v) is 14.3. The third-order valence-corrected chi connectivity index (χ3v) is 3.73. The SMILES string of the molecule is CC(C)c1nc(CN(C)[C@H](CN(C)C)c2ccccc2)co1. The summed E-state index contributed by atoms with van der Waals surface area (Å²) in [6, 6.07) is 11.0. The number of benzene rings is 1. The van der Waals surface area contributed by atoms with Gasteiger partial charge in [-0.15, -0.1) is 0 Å². The molecule has 2 rings (SSSR count). The highest BCUT2D eigenvalue weighted by atomic mass is 16.3. The molecule has 0 aliphatic heterocycles. The minimum Gasteiger partial charge on any atom is -0.448 e. The average molecular weight is 301 g/mol. The van der Waals surface area contributed by atoms with E-state index in [9.17, 15) is 0 Å². The molecule has 0 aliphatic carbocycles. The van der Waals surface area contributed by atoms with Gasteiger partial charge in [-0.25, -0.2) is 4.98 Å². The smallest absolute Gasteiger partial charge is 0.196 e. The van der Waals surface area contributed by atoms with Crippen molar-refractivity contribution in [2.24, 2.45) is 0 Å². The third kappa shape index (κ3) is 4.42. The molecule has 1 atom stereocenters. The Morgan fingerprint density at radius 3 is 2.32 bits per heavy atom. The van der Waals surface area contributed by atoms with Crippen molar-refractivity contribution in [3.8, 4) is 0 Å². The lowest BCUT2D eigenvalue weighted by Gasteiger charge is -2.30. The monoisotopic (exact) mass is 301 g/mol. The van der Waals surface area contributed by atoms with Gasteiger partial charge in [-0.05, 0) is 26.7 Å². The van der Waals surface area contributed by atoms with Crippen LogP contribution >= 0.6 is 0 Å². The second-order valence-corrected chi connectivity index (χ2v) is 6.44. The molecule has 1 heterocycles. The van der Waals surface area contributed by atoms with Crippen LogP contribution in [0.15, 0.2) is 41.0 Å². The van der Waals surface area contributed by atoms with Gasteiger partial charge in [0.05, 0.1) is 5.69 Å². The third-order valence-electron chi connectivity index (χ3n) is 3.73. The van der Waals surface area contributed by atoms with Crippen molar-refractivity contribution >= 4 is 0 Å². The fourth-order valence-electron chi connectivity index (χ4n) is 2.55. The van der Waals surface area contributed by atoms with Crippen molar-refractivity contribution in [2.75, 3.05) is 27.7 Å². The topological polar surface area (TPSA) is 32.5 Å². The molecule has 0 N–H and O–H groups in total. The summed E-state index contributed by atoms with van der Waals surface area (Å²) in [5.74, 6) is 1.14. The molecule has 0 radical (unpaired) electrons. The van der Waals surface area contributed by atoms with Gasteiger partial charge in [-0.1, -0.05) is 44.2 Å². The largest absolute Gasteiger partial charge is 0.448 e. The number of nitrogens with zero attached hydrogens (tertiary/aromatic N) is 3. The van der Waals surface area contributed by atoms with Crippen LogP contribution in [0.25, 0.3) is 0 Å². The summed E-state index contributed by atoms with van der Waals surface area (Å²) in [6.07, 6.45) is 1.78. The molecule has 0 spiro atoms. The summed E-state index contributed by atoms with van der Waals surface area (Å²) in [5, 5.41) is 0. The Labute approximate surface area is 133 Å². The van der Waals surface area contributed by atoms with Gasteiger partial charge in [0, 0.05) is 25.0 Å². The van der Waals surface area contributed by atoms with Crippen LogP contribution in [0.1, 0.15) is 43.0 Å². The summed E-state index contributed by atoms with van der Waals surface area (Å²) in [6.45, 7) is 5.94. The summed E-state index contributed by atoms with van der Waals surface area (Å²) in [7, 11) is 6.36. The first-order chi connectivity index (χ1) is 10.5. The maximum atomic E-state index is 5.55. The molecule has 0 amide bonds. The van der Waals surface area contributed by atoms with Crippen LogP contribution in [-0.2, 0) is 6.54 Å². The van der Waals surface area contributed by atoms with Crippen molar-refractivity contribution in [3.05, 3.63) is 53.7 Å². The number of rotatable bonds is 7. The number of oxazole rings is 1. The molecule has 0 unspecified atom stereocenters. The summed E-state index contributed by atoms with van der Waals surface area (Å²) in [4.78, 5) is 9.13. The van der Waals surface area contributed by atoms with E-state index in [1.165, 1.54) is 5.56 Å². The molecule has 0 fully saturated rings.